The van der Waals surface area contributed by atoms with Gasteiger partial charge in [-0.1, -0.05) is 0 Å². The van der Waals surface area contributed by atoms with Gasteiger partial charge in [-0.25, -0.2) is 14.6 Å². The largest absolute Gasteiger partial charge is 0.463 e. The minimum absolute atomic E-state index is 0.0484. The van der Waals surface area contributed by atoms with Gasteiger partial charge in [0.2, 0.25) is 0 Å². The molecular weight excluding hydrogens is 285 g/mol. The molecule has 0 bridgehead atoms. The summed E-state index contributed by atoms with van der Waals surface area (Å²) in [6.07, 6.45) is -1.75. The van der Waals surface area contributed by atoms with Crippen LogP contribution in [0, 0.1) is 6.92 Å². The SMILES string of the molecule is Cc1ccnn1-c1nc(-c2ccco2)cc(C(F)(F)F)n1. The van der Waals surface area contributed by atoms with Crippen molar-refractivity contribution < 1.29 is 17.6 Å². The quantitative estimate of drug-likeness (QED) is 0.728. The van der Waals surface area contributed by atoms with Gasteiger partial charge < -0.3 is 4.42 Å². The minimum atomic E-state index is -4.58. The van der Waals surface area contributed by atoms with E-state index in [4.69, 9.17) is 4.42 Å². The van der Waals surface area contributed by atoms with E-state index in [1.54, 1.807) is 19.1 Å². The molecule has 0 fully saturated rings. The normalized spacial score (nSPS) is 11.8. The molecule has 0 aliphatic rings. The first kappa shape index (κ1) is 13.3. The lowest BCUT2D eigenvalue weighted by Crippen LogP contribution is -2.14. The van der Waals surface area contributed by atoms with Crippen molar-refractivity contribution in [3.63, 3.8) is 0 Å². The van der Waals surface area contributed by atoms with Crippen molar-refractivity contribution in [1.82, 2.24) is 19.7 Å². The number of nitrogens with zero attached hydrogens (tertiary/aromatic N) is 4. The van der Waals surface area contributed by atoms with Crippen LogP contribution in [0.3, 0.4) is 0 Å². The van der Waals surface area contributed by atoms with Gasteiger partial charge in [0.25, 0.3) is 5.95 Å². The van der Waals surface area contributed by atoms with Crippen LogP contribution in [-0.4, -0.2) is 19.7 Å². The van der Waals surface area contributed by atoms with Crippen LogP contribution in [-0.2, 0) is 6.18 Å². The van der Waals surface area contributed by atoms with E-state index in [0.29, 0.717) is 5.69 Å². The Labute approximate surface area is 117 Å². The highest BCUT2D eigenvalue weighted by atomic mass is 19.4. The minimum Gasteiger partial charge on any atom is -0.463 e. The Morgan fingerprint density at radius 3 is 2.57 bits per heavy atom. The Bertz CT molecular complexity index is 762. The van der Waals surface area contributed by atoms with Gasteiger partial charge in [-0.2, -0.15) is 18.3 Å². The molecule has 0 unspecified atom stereocenters. The van der Waals surface area contributed by atoms with Crippen molar-refractivity contribution in [2.24, 2.45) is 0 Å². The van der Waals surface area contributed by atoms with E-state index in [9.17, 15) is 13.2 Å². The van der Waals surface area contributed by atoms with Crippen LogP contribution in [0.4, 0.5) is 13.2 Å². The van der Waals surface area contributed by atoms with E-state index in [-0.39, 0.29) is 17.4 Å². The van der Waals surface area contributed by atoms with Crippen molar-refractivity contribution >= 4 is 0 Å². The summed E-state index contributed by atoms with van der Waals surface area (Å²) in [5.41, 5.74) is -0.374. The standard InChI is InChI=1S/C13H9F3N4O/c1-8-4-5-17-20(8)12-18-9(10-3-2-6-21-10)7-11(19-12)13(14,15)16/h2-7H,1H3. The van der Waals surface area contributed by atoms with Crippen molar-refractivity contribution in [2.75, 3.05) is 0 Å². The van der Waals surface area contributed by atoms with Crippen LogP contribution in [0.25, 0.3) is 17.4 Å². The van der Waals surface area contributed by atoms with Crippen LogP contribution < -0.4 is 0 Å². The third-order valence-corrected chi connectivity index (χ3v) is 2.80. The van der Waals surface area contributed by atoms with Crippen molar-refractivity contribution in [2.45, 2.75) is 13.1 Å². The summed E-state index contributed by atoms with van der Waals surface area (Å²) in [5.74, 6) is 0.0766. The fourth-order valence-corrected chi connectivity index (χ4v) is 1.80. The third kappa shape index (κ3) is 2.51. The summed E-state index contributed by atoms with van der Waals surface area (Å²) < 4.78 is 45.3. The van der Waals surface area contributed by atoms with Gasteiger partial charge >= 0.3 is 6.18 Å². The van der Waals surface area contributed by atoms with E-state index >= 15 is 0 Å². The van der Waals surface area contributed by atoms with Crippen LogP contribution in [0.2, 0.25) is 0 Å². The first-order chi connectivity index (χ1) is 9.95. The number of aryl methyl sites for hydroxylation is 1. The number of hydrogen-bond acceptors (Lipinski definition) is 4. The predicted octanol–water partition coefficient (Wildman–Crippen LogP) is 3.25. The Balaban J connectivity index is 2.21. The number of hydrogen-bond donors (Lipinski definition) is 0. The van der Waals surface area contributed by atoms with Crippen molar-refractivity contribution in [1.29, 1.82) is 0 Å². The Kier molecular flexibility index (Phi) is 3.00. The zero-order valence-electron chi connectivity index (χ0n) is 10.8. The second kappa shape index (κ2) is 4.72. The first-order valence-electron chi connectivity index (χ1n) is 5.96. The van der Waals surface area contributed by atoms with E-state index in [0.717, 1.165) is 6.07 Å². The summed E-state index contributed by atoms with van der Waals surface area (Å²) in [6, 6.07) is 5.60. The molecule has 0 N–H and O–H groups in total. The van der Waals surface area contributed by atoms with E-state index in [1.165, 1.54) is 23.2 Å². The smallest absolute Gasteiger partial charge is 0.433 e. The molecule has 0 amide bonds. The molecule has 8 heteroatoms. The van der Waals surface area contributed by atoms with Gasteiger partial charge in [0.1, 0.15) is 5.69 Å². The molecule has 0 aliphatic carbocycles. The average Bonchev–Trinajstić information content (AvgIpc) is 3.08. The maximum Gasteiger partial charge on any atom is 0.433 e. The first-order valence-corrected chi connectivity index (χ1v) is 5.96. The molecule has 3 aromatic rings. The van der Waals surface area contributed by atoms with Gasteiger partial charge in [0.15, 0.2) is 11.5 Å². The summed E-state index contributed by atoms with van der Waals surface area (Å²) >= 11 is 0. The summed E-state index contributed by atoms with van der Waals surface area (Å²) in [6.45, 7) is 1.70. The van der Waals surface area contributed by atoms with E-state index < -0.39 is 11.9 Å². The molecule has 5 nitrogen and oxygen atoms in total. The van der Waals surface area contributed by atoms with E-state index in [2.05, 4.69) is 15.1 Å². The highest BCUT2D eigenvalue weighted by molar-refractivity contribution is 5.53. The molecule has 0 atom stereocenters. The molecule has 3 aromatic heterocycles. The van der Waals surface area contributed by atoms with Crippen molar-refractivity contribution in [3.8, 4) is 17.4 Å². The molecule has 0 radical (unpaired) electrons. The maximum atomic E-state index is 13.0. The fraction of sp³-hybridized carbons (Fsp3) is 0.154. The summed E-state index contributed by atoms with van der Waals surface area (Å²) in [7, 11) is 0. The molecule has 0 saturated heterocycles. The van der Waals surface area contributed by atoms with Gasteiger partial charge in [-0.05, 0) is 31.2 Å². The number of alkyl halides is 3. The van der Waals surface area contributed by atoms with Gasteiger partial charge in [0.05, 0.1) is 6.26 Å². The van der Waals surface area contributed by atoms with Gasteiger partial charge in [-0.3, -0.25) is 0 Å². The zero-order valence-corrected chi connectivity index (χ0v) is 10.8. The lowest BCUT2D eigenvalue weighted by atomic mass is 10.2. The van der Waals surface area contributed by atoms with Crippen molar-refractivity contribution in [3.05, 3.63) is 48.1 Å². The molecule has 108 valence electrons. The highest BCUT2D eigenvalue weighted by Gasteiger charge is 2.34. The number of rotatable bonds is 2. The Morgan fingerprint density at radius 1 is 1.19 bits per heavy atom. The van der Waals surface area contributed by atoms with Crippen LogP contribution >= 0.6 is 0 Å². The second-order valence-corrected chi connectivity index (χ2v) is 4.30. The predicted molar refractivity (Wildman–Crippen MR) is 66.6 cm³/mol. The van der Waals surface area contributed by atoms with Crippen LogP contribution in [0.1, 0.15) is 11.4 Å². The van der Waals surface area contributed by atoms with Gasteiger partial charge in [0, 0.05) is 11.9 Å². The lowest BCUT2D eigenvalue weighted by molar-refractivity contribution is -0.141. The Hall–Kier alpha value is -2.64. The fourth-order valence-electron chi connectivity index (χ4n) is 1.80. The number of aromatic nitrogens is 4. The summed E-state index contributed by atoms with van der Waals surface area (Å²) in [4.78, 5) is 7.63. The molecule has 0 saturated carbocycles. The molecule has 0 aromatic carbocycles. The van der Waals surface area contributed by atoms with Crippen LogP contribution in [0.15, 0.2) is 41.1 Å². The van der Waals surface area contributed by atoms with Crippen LogP contribution in [0.5, 0.6) is 0 Å². The molecule has 3 rings (SSSR count). The molecule has 0 spiro atoms. The molecule has 0 aliphatic heterocycles. The Morgan fingerprint density at radius 2 is 2.00 bits per heavy atom. The summed E-state index contributed by atoms with van der Waals surface area (Å²) in [5, 5.41) is 3.93. The highest BCUT2D eigenvalue weighted by Crippen LogP contribution is 2.31. The zero-order chi connectivity index (χ0) is 15.0. The molecule has 3 heterocycles. The van der Waals surface area contributed by atoms with E-state index in [1.807, 2.05) is 0 Å². The maximum absolute atomic E-state index is 13.0. The topological polar surface area (TPSA) is 56.7 Å². The van der Waals surface area contributed by atoms with Gasteiger partial charge in [-0.15, -0.1) is 0 Å². The molecular formula is C13H9F3N4O. The number of furan rings is 1. The average molecular weight is 294 g/mol. The number of halogens is 3. The monoisotopic (exact) mass is 294 g/mol. The second-order valence-electron chi connectivity index (χ2n) is 4.30. The third-order valence-electron chi connectivity index (χ3n) is 2.80. The molecule has 21 heavy (non-hydrogen) atoms. The lowest BCUT2D eigenvalue weighted by Gasteiger charge is -2.10.